The van der Waals surface area contributed by atoms with Crippen molar-refractivity contribution >= 4 is 16.7 Å². The summed E-state index contributed by atoms with van der Waals surface area (Å²) in [6.07, 6.45) is 1.55. The summed E-state index contributed by atoms with van der Waals surface area (Å²) in [5, 5.41) is 7.72. The van der Waals surface area contributed by atoms with Crippen molar-refractivity contribution in [1.29, 1.82) is 0 Å². The zero-order valence-electron chi connectivity index (χ0n) is 8.81. The Bertz CT molecular complexity index is 690. The highest BCUT2D eigenvalue weighted by atomic mass is 19.1. The van der Waals surface area contributed by atoms with Gasteiger partial charge >= 0.3 is 0 Å². The highest BCUT2D eigenvalue weighted by molar-refractivity contribution is 5.92. The molecule has 0 spiro atoms. The molecule has 0 saturated heterocycles. The molecule has 0 bridgehead atoms. The number of nitrogen functional groups attached to an aromatic ring is 1. The van der Waals surface area contributed by atoms with Crippen LogP contribution in [0.5, 0.6) is 0 Å². The summed E-state index contributed by atoms with van der Waals surface area (Å²) in [5.41, 5.74) is 8.22. The molecule has 3 rings (SSSR count). The van der Waals surface area contributed by atoms with Gasteiger partial charge in [0, 0.05) is 10.9 Å². The van der Waals surface area contributed by atoms with E-state index in [2.05, 4.69) is 15.2 Å². The van der Waals surface area contributed by atoms with E-state index in [9.17, 15) is 4.39 Å². The number of halogens is 1. The number of hydrogen-bond donors (Lipinski definition) is 2. The van der Waals surface area contributed by atoms with Gasteiger partial charge in [-0.05, 0) is 18.2 Å². The number of rotatable bonds is 1. The van der Waals surface area contributed by atoms with E-state index in [1.165, 1.54) is 12.1 Å². The number of H-pyrrole nitrogens is 1. The molecular formula is C12H9FN4. The van der Waals surface area contributed by atoms with Crippen LogP contribution in [0, 0.1) is 5.82 Å². The van der Waals surface area contributed by atoms with Crippen molar-refractivity contribution < 1.29 is 4.39 Å². The van der Waals surface area contributed by atoms with Gasteiger partial charge in [-0.1, -0.05) is 12.1 Å². The minimum atomic E-state index is -0.296. The quantitative estimate of drug-likeness (QED) is 0.671. The minimum absolute atomic E-state index is 0.296. The van der Waals surface area contributed by atoms with Crippen LogP contribution in [-0.2, 0) is 0 Å². The van der Waals surface area contributed by atoms with E-state index in [0.29, 0.717) is 22.6 Å². The highest BCUT2D eigenvalue weighted by Crippen LogP contribution is 2.26. The highest BCUT2D eigenvalue weighted by Gasteiger charge is 2.09. The third-order valence-electron chi connectivity index (χ3n) is 2.54. The van der Waals surface area contributed by atoms with Crippen molar-refractivity contribution in [1.82, 2.24) is 15.2 Å². The van der Waals surface area contributed by atoms with Crippen LogP contribution < -0.4 is 5.73 Å². The average molecular weight is 228 g/mol. The lowest BCUT2D eigenvalue weighted by molar-refractivity contribution is 0.628. The van der Waals surface area contributed by atoms with Gasteiger partial charge in [0.2, 0.25) is 0 Å². The Balaban J connectivity index is 2.27. The lowest BCUT2D eigenvalue weighted by atomic mass is 10.1. The largest absolute Gasteiger partial charge is 0.397 e. The first-order chi connectivity index (χ1) is 8.24. The van der Waals surface area contributed by atoms with E-state index in [1.54, 1.807) is 24.4 Å². The molecule has 0 atom stereocenters. The second-order valence-electron chi connectivity index (χ2n) is 3.75. The second-order valence-corrected chi connectivity index (χ2v) is 3.75. The van der Waals surface area contributed by atoms with Crippen LogP contribution in [-0.4, -0.2) is 15.2 Å². The van der Waals surface area contributed by atoms with Gasteiger partial charge < -0.3 is 5.73 Å². The molecule has 2 aromatic heterocycles. The van der Waals surface area contributed by atoms with Crippen LogP contribution in [0.1, 0.15) is 0 Å². The summed E-state index contributed by atoms with van der Waals surface area (Å²) in [5.74, 6) is -0.296. The molecule has 4 nitrogen and oxygen atoms in total. The monoisotopic (exact) mass is 228 g/mol. The normalized spacial score (nSPS) is 10.9. The van der Waals surface area contributed by atoms with Crippen LogP contribution in [0.3, 0.4) is 0 Å². The van der Waals surface area contributed by atoms with Crippen molar-refractivity contribution in [2.45, 2.75) is 0 Å². The minimum Gasteiger partial charge on any atom is -0.397 e. The zero-order chi connectivity index (χ0) is 11.8. The molecule has 1 aromatic carbocycles. The number of nitrogens with one attached hydrogen (secondary N) is 1. The Hall–Kier alpha value is -2.43. The van der Waals surface area contributed by atoms with Gasteiger partial charge in [-0.15, -0.1) is 0 Å². The molecule has 2 heterocycles. The SMILES string of the molecule is Nc1cnc2[nH]nc(-c3cccc(F)c3)c2c1. The van der Waals surface area contributed by atoms with Gasteiger partial charge in [0.15, 0.2) is 5.65 Å². The van der Waals surface area contributed by atoms with E-state index < -0.39 is 0 Å². The fourth-order valence-corrected chi connectivity index (χ4v) is 1.78. The van der Waals surface area contributed by atoms with Crippen LogP contribution in [0.2, 0.25) is 0 Å². The van der Waals surface area contributed by atoms with Crippen molar-refractivity contribution in [2.75, 3.05) is 5.73 Å². The van der Waals surface area contributed by atoms with Crippen molar-refractivity contribution in [3.63, 3.8) is 0 Å². The molecule has 17 heavy (non-hydrogen) atoms. The van der Waals surface area contributed by atoms with Crippen molar-refractivity contribution in [3.8, 4) is 11.3 Å². The maximum absolute atomic E-state index is 13.2. The summed E-state index contributed by atoms with van der Waals surface area (Å²) in [4.78, 5) is 4.11. The first-order valence-electron chi connectivity index (χ1n) is 5.09. The lowest BCUT2D eigenvalue weighted by Crippen LogP contribution is -1.86. The first-order valence-corrected chi connectivity index (χ1v) is 5.09. The van der Waals surface area contributed by atoms with Gasteiger partial charge in [0.05, 0.1) is 11.9 Å². The fraction of sp³-hybridized carbons (Fsp3) is 0. The molecule has 5 heteroatoms. The molecule has 3 aromatic rings. The molecule has 0 aliphatic carbocycles. The molecule has 0 saturated carbocycles. The molecule has 0 fully saturated rings. The Kier molecular flexibility index (Phi) is 2.04. The molecule has 0 aliphatic heterocycles. The summed E-state index contributed by atoms with van der Waals surface area (Å²) in [6.45, 7) is 0. The Labute approximate surface area is 96.3 Å². The topological polar surface area (TPSA) is 67.6 Å². The van der Waals surface area contributed by atoms with Crippen molar-refractivity contribution in [2.24, 2.45) is 0 Å². The zero-order valence-corrected chi connectivity index (χ0v) is 8.81. The lowest BCUT2D eigenvalue weighted by Gasteiger charge is -1.98. The number of hydrogen-bond acceptors (Lipinski definition) is 3. The number of anilines is 1. The predicted molar refractivity (Wildman–Crippen MR) is 63.7 cm³/mol. The van der Waals surface area contributed by atoms with Gasteiger partial charge in [-0.3, -0.25) is 5.10 Å². The molecule has 0 amide bonds. The average Bonchev–Trinajstić information content (AvgIpc) is 2.71. The number of aromatic nitrogens is 3. The molecule has 0 unspecified atom stereocenters. The predicted octanol–water partition coefficient (Wildman–Crippen LogP) is 2.35. The standard InChI is InChI=1S/C12H9FN4/c13-8-3-1-2-7(4-8)11-10-5-9(14)6-15-12(10)17-16-11/h1-6H,14H2,(H,15,16,17). The second kappa shape index (κ2) is 3.55. The molecular weight excluding hydrogens is 219 g/mol. The number of pyridine rings is 1. The Morgan fingerprint density at radius 2 is 2.12 bits per heavy atom. The third kappa shape index (κ3) is 1.61. The van der Waals surface area contributed by atoms with E-state index in [-0.39, 0.29) is 5.82 Å². The summed E-state index contributed by atoms with van der Waals surface area (Å²) >= 11 is 0. The van der Waals surface area contributed by atoms with Crippen LogP contribution in [0.25, 0.3) is 22.3 Å². The number of nitrogens with two attached hydrogens (primary N) is 1. The maximum Gasteiger partial charge on any atom is 0.155 e. The summed E-state index contributed by atoms with van der Waals surface area (Å²) < 4.78 is 13.2. The van der Waals surface area contributed by atoms with Gasteiger partial charge in [0.1, 0.15) is 11.5 Å². The molecule has 3 N–H and O–H groups in total. The van der Waals surface area contributed by atoms with Crippen LogP contribution >= 0.6 is 0 Å². The number of fused-ring (bicyclic) bond motifs is 1. The molecule has 0 radical (unpaired) electrons. The van der Waals surface area contributed by atoms with E-state index >= 15 is 0 Å². The Morgan fingerprint density at radius 1 is 1.24 bits per heavy atom. The van der Waals surface area contributed by atoms with Gasteiger partial charge in [-0.2, -0.15) is 5.10 Å². The van der Waals surface area contributed by atoms with Crippen LogP contribution in [0.15, 0.2) is 36.5 Å². The first kappa shape index (κ1) is 9.77. The smallest absolute Gasteiger partial charge is 0.155 e. The van der Waals surface area contributed by atoms with Gasteiger partial charge in [-0.25, -0.2) is 9.37 Å². The number of benzene rings is 1. The van der Waals surface area contributed by atoms with E-state index in [0.717, 1.165) is 5.39 Å². The molecule has 84 valence electrons. The summed E-state index contributed by atoms with van der Waals surface area (Å²) in [7, 11) is 0. The number of nitrogens with zero attached hydrogens (tertiary/aromatic N) is 2. The molecule has 0 aliphatic rings. The maximum atomic E-state index is 13.2. The Morgan fingerprint density at radius 3 is 2.94 bits per heavy atom. The fourth-order valence-electron chi connectivity index (χ4n) is 1.78. The number of aromatic amines is 1. The van der Waals surface area contributed by atoms with Crippen molar-refractivity contribution in [3.05, 3.63) is 42.3 Å². The van der Waals surface area contributed by atoms with Crippen LogP contribution in [0.4, 0.5) is 10.1 Å². The van der Waals surface area contributed by atoms with Gasteiger partial charge in [0.25, 0.3) is 0 Å². The summed E-state index contributed by atoms with van der Waals surface area (Å²) in [6, 6.07) is 8.03. The third-order valence-corrected chi connectivity index (χ3v) is 2.54. The van der Waals surface area contributed by atoms with E-state index in [1.807, 2.05) is 0 Å². The van der Waals surface area contributed by atoms with E-state index in [4.69, 9.17) is 5.73 Å².